The van der Waals surface area contributed by atoms with Crippen LogP contribution in [-0.2, 0) is 0 Å². The number of rotatable bonds is 5. The first-order valence-electron chi connectivity index (χ1n) is 6.09. The van der Waals surface area contributed by atoms with E-state index in [1.54, 1.807) is 6.07 Å². The molecule has 0 aromatic heterocycles. The Bertz CT molecular complexity index is 365. The average molecular weight is 239 g/mol. The third kappa shape index (κ3) is 3.70. The molecule has 0 aliphatic carbocycles. The highest BCUT2D eigenvalue weighted by atomic mass is 19.1. The highest BCUT2D eigenvalue weighted by Crippen LogP contribution is 2.27. The fourth-order valence-corrected chi connectivity index (χ4v) is 1.46. The molecule has 0 aliphatic rings. The average Bonchev–Trinajstić information content (AvgIpc) is 2.30. The Morgan fingerprint density at radius 2 is 1.82 bits per heavy atom. The molecule has 0 saturated heterocycles. The molecule has 17 heavy (non-hydrogen) atoms. The Kier molecular flexibility index (Phi) is 4.94. The lowest BCUT2D eigenvalue weighted by molar-refractivity contribution is 0.167. The van der Waals surface area contributed by atoms with E-state index >= 15 is 0 Å². The second-order valence-corrected chi connectivity index (χ2v) is 4.76. The van der Waals surface area contributed by atoms with Gasteiger partial charge in [0.05, 0.1) is 6.10 Å². The topological polar surface area (TPSA) is 21.3 Å². The van der Waals surface area contributed by atoms with E-state index in [0.717, 1.165) is 11.3 Å². The fraction of sp³-hybridized carbons (Fsp3) is 0.571. The van der Waals surface area contributed by atoms with Gasteiger partial charge in [0.15, 0.2) is 0 Å². The summed E-state index contributed by atoms with van der Waals surface area (Å²) in [5, 5.41) is 3.10. The second kappa shape index (κ2) is 6.01. The first-order chi connectivity index (χ1) is 7.95. The van der Waals surface area contributed by atoms with Crippen molar-refractivity contribution < 1.29 is 9.13 Å². The molecule has 0 aliphatic heterocycles. The molecule has 0 bridgehead atoms. The van der Waals surface area contributed by atoms with Crippen LogP contribution in [0, 0.1) is 11.7 Å². The maximum absolute atomic E-state index is 13.3. The van der Waals surface area contributed by atoms with Crippen molar-refractivity contribution in [2.24, 2.45) is 5.92 Å². The van der Waals surface area contributed by atoms with Crippen LogP contribution in [0.1, 0.15) is 39.3 Å². The summed E-state index contributed by atoms with van der Waals surface area (Å²) in [6.07, 6.45) is 0.114. The monoisotopic (exact) mass is 239 g/mol. The van der Waals surface area contributed by atoms with Gasteiger partial charge in [0, 0.05) is 11.6 Å². The normalized spacial score (nSPS) is 14.8. The predicted octanol–water partition coefficient (Wildman–Crippen LogP) is 3.53. The highest BCUT2D eigenvalue weighted by molar-refractivity contribution is 5.36. The molecular formula is C14H22FNO. The van der Waals surface area contributed by atoms with Gasteiger partial charge in [-0.05, 0) is 45.0 Å². The van der Waals surface area contributed by atoms with Gasteiger partial charge in [-0.2, -0.15) is 0 Å². The minimum atomic E-state index is -0.230. The van der Waals surface area contributed by atoms with Crippen molar-refractivity contribution in [3.05, 3.63) is 29.6 Å². The first-order valence-corrected chi connectivity index (χ1v) is 6.09. The minimum Gasteiger partial charge on any atom is -0.490 e. The molecule has 0 fully saturated rings. The van der Waals surface area contributed by atoms with Gasteiger partial charge in [0.2, 0.25) is 0 Å². The molecule has 0 saturated carbocycles. The van der Waals surface area contributed by atoms with Crippen molar-refractivity contribution in [2.75, 3.05) is 7.05 Å². The van der Waals surface area contributed by atoms with Crippen LogP contribution in [0.2, 0.25) is 0 Å². The standard InChI is InChI=1S/C14H22FNO/c1-9(2)11(4)17-14-7-6-12(15)8-13(14)10(3)16-5/h6-11,16H,1-5H3. The summed E-state index contributed by atoms with van der Waals surface area (Å²) < 4.78 is 19.1. The number of benzene rings is 1. The quantitative estimate of drug-likeness (QED) is 0.848. The van der Waals surface area contributed by atoms with Crippen LogP contribution in [0.25, 0.3) is 0 Å². The number of hydrogen-bond acceptors (Lipinski definition) is 2. The van der Waals surface area contributed by atoms with Crippen molar-refractivity contribution in [1.29, 1.82) is 0 Å². The van der Waals surface area contributed by atoms with Gasteiger partial charge < -0.3 is 10.1 Å². The van der Waals surface area contributed by atoms with Gasteiger partial charge in [0.25, 0.3) is 0 Å². The van der Waals surface area contributed by atoms with Gasteiger partial charge in [-0.15, -0.1) is 0 Å². The van der Waals surface area contributed by atoms with Crippen molar-refractivity contribution in [1.82, 2.24) is 5.32 Å². The van der Waals surface area contributed by atoms with Crippen LogP contribution < -0.4 is 10.1 Å². The van der Waals surface area contributed by atoms with Crippen LogP contribution in [0.5, 0.6) is 5.75 Å². The maximum atomic E-state index is 13.3. The van der Waals surface area contributed by atoms with Crippen LogP contribution in [0.15, 0.2) is 18.2 Å². The molecule has 2 atom stereocenters. The lowest BCUT2D eigenvalue weighted by Crippen LogP contribution is -2.21. The lowest BCUT2D eigenvalue weighted by Gasteiger charge is -2.22. The molecule has 1 aromatic carbocycles. The Morgan fingerprint density at radius 3 is 2.35 bits per heavy atom. The summed E-state index contributed by atoms with van der Waals surface area (Å²) in [6.45, 7) is 8.23. The first kappa shape index (κ1) is 14.0. The summed E-state index contributed by atoms with van der Waals surface area (Å²) in [5.74, 6) is 0.957. The Balaban J connectivity index is 2.98. The van der Waals surface area contributed by atoms with Crippen LogP contribution in [-0.4, -0.2) is 13.2 Å². The fourth-order valence-electron chi connectivity index (χ4n) is 1.46. The molecule has 2 unspecified atom stereocenters. The number of halogens is 1. The molecular weight excluding hydrogens is 217 g/mol. The largest absolute Gasteiger partial charge is 0.490 e. The molecule has 1 rings (SSSR count). The van der Waals surface area contributed by atoms with Gasteiger partial charge in [-0.3, -0.25) is 0 Å². The van der Waals surface area contributed by atoms with E-state index in [4.69, 9.17) is 4.74 Å². The lowest BCUT2D eigenvalue weighted by atomic mass is 10.1. The number of hydrogen-bond donors (Lipinski definition) is 1. The molecule has 0 heterocycles. The smallest absolute Gasteiger partial charge is 0.124 e. The zero-order valence-corrected chi connectivity index (χ0v) is 11.3. The SMILES string of the molecule is CNC(C)c1cc(F)ccc1OC(C)C(C)C. The molecule has 1 aromatic rings. The zero-order chi connectivity index (χ0) is 13.0. The molecule has 0 amide bonds. The molecule has 96 valence electrons. The van der Waals surface area contributed by atoms with Gasteiger partial charge in [-0.25, -0.2) is 4.39 Å². The van der Waals surface area contributed by atoms with Crippen molar-refractivity contribution in [3.63, 3.8) is 0 Å². The summed E-state index contributed by atoms with van der Waals surface area (Å²) in [7, 11) is 1.85. The number of nitrogens with one attached hydrogen (secondary N) is 1. The minimum absolute atomic E-state index is 0.0695. The van der Waals surface area contributed by atoms with Gasteiger partial charge in [-0.1, -0.05) is 13.8 Å². The van der Waals surface area contributed by atoms with Crippen molar-refractivity contribution >= 4 is 0 Å². The van der Waals surface area contributed by atoms with E-state index in [1.165, 1.54) is 12.1 Å². The molecule has 0 radical (unpaired) electrons. The molecule has 2 nitrogen and oxygen atoms in total. The predicted molar refractivity (Wildman–Crippen MR) is 68.8 cm³/mol. The maximum Gasteiger partial charge on any atom is 0.124 e. The molecule has 3 heteroatoms. The van der Waals surface area contributed by atoms with Gasteiger partial charge >= 0.3 is 0 Å². The molecule has 0 spiro atoms. The van der Waals surface area contributed by atoms with Crippen LogP contribution in [0.4, 0.5) is 4.39 Å². The van der Waals surface area contributed by atoms with E-state index < -0.39 is 0 Å². The Hall–Kier alpha value is -1.09. The highest BCUT2D eigenvalue weighted by Gasteiger charge is 2.15. The van der Waals surface area contributed by atoms with Gasteiger partial charge in [0.1, 0.15) is 11.6 Å². The van der Waals surface area contributed by atoms with E-state index in [9.17, 15) is 4.39 Å². The van der Waals surface area contributed by atoms with Crippen LogP contribution >= 0.6 is 0 Å². The Morgan fingerprint density at radius 1 is 1.18 bits per heavy atom. The van der Waals surface area contributed by atoms with E-state index in [0.29, 0.717) is 5.92 Å². The second-order valence-electron chi connectivity index (χ2n) is 4.76. The third-order valence-electron chi connectivity index (χ3n) is 3.12. The molecule has 1 N–H and O–H groups in total. The number of ether oxygens (including phenoxy) is 1. The Labute approximate surface area is 103 Å². The van der Waals surface area contributed by atoms with Crippen LogP contribution in [0.3, 0.4) is 0 Å². The summed E-state index contributed by atoms with van der Waals surface area (Å²) >= 11 is 0. The third-order valence-corrected chi connectivity index (χ3v) is 3.12. The van der Waals surface area contributed by atoms with Crippen molar-refractivity contribution in [3.8, 4) is 5.75 Å². The van der Waals surface area contributed by atoms with E-state index in [2.05, 4.69) is 19.2 Å². The summed E-state index contributed by atoms with van der Waals surface area (Å²) in [6, 6.07) is 4.75. The van der Waals surface area contributed by atoms with Crippen molar-refractivity contribution in [2.45, 2.75) is 39.8 Å². The summed E-state index contributed by atoms with van der Waals surface area (Å²) in [4.78, 5) is 0. The zero-order valence-electron chi connectivity index (χ0n) is 11.3. The van der Waals surface area contributed by atoms with E-state index in [1.807, 2.05) is 20.9 Å². The van der Waals surface area contributed by atoms with E-state index in [-0.39, 0.29) is 18.0 Å². The summed E-state index contributed by atoms with van der Waals surface area (Å²) in [5.41, 5.74) is 0.861.